The summed E-state index contributed by atoms with van der Waals surface area (Å²) in [6.07, 6.45) is 0.840. The summed E-state index contributed by atoms with van der Waals surface area (Å²) in [6.45, 7) is 3.87. The fourth-order valence-corrected chi connectivity index (χ4v) is 3.49. The van der Waals surface area contributed by atoms with Gasteiger partial charge in [-0.25, -0.2) is 0 Å². The minimum Gasteiger partial charge on any atom is -0.329 e. The number of carbonyl (C=O) groups is 2. The van der Waals surface area contributed by atoms with Crippen LogP contribution in [-0.2, 0) is 22.6 Å². The second-order valence-electron chi connectivity index (χ2n) is 6.41. The van der Waals surface area contributed by atoms with Crippen molar-refractivity contribution >= 4 is 29.1 Å². The van der Waals surface area contributed by atoms with Gasteiger partial charge in [0.05, 0.1) is 0 Å². The van der Waals surface area contributed by atoms with Crippen molar-refractivity contribution in [3.05, 3.63) is 64.7 Å². The van der Waals surface area contributed by atoms with Crippen LogP contribution in [0.2, 0.25) is 5.02 Å². The third kappa shape index (κ3) is 3.69. The maximum absolute atomic E-state index is 12.9. The van der Waals surface area contributed by atoms with Gasteiger partial charge in [-0.1, -0.05) is 48.0 Å². The Morgan fingerprint density at radius 2 is 1.84 bits per heavy atom. The lowest BCUT2D eigenvalue weighted by Gasteiger charge is -2.27. The Labute approximate surface area is 153 Å². The molecule has 25 heavy (non-hydrogen) atoms. The van der Waals surface area contributed by atoms with E-state index in [0.29, 0.717) is 11.6 Å². The van der Waals surface area contributed by atoms with Crippen molar-refractivity contribution in [2.75, 3.05) is 11.4 Å². The van der Waals surface area contributed by atoms with Gasteiger partial charge in [-0.15, -0.1) is 0 Å². The minimum absolute atomic E-state index is 0.0409. The summed E-state index contributed by atoms with van der Waals surface area (Å²) < 4.78 is 0. The molecule has 0 radical (unpaired) electrons. The Bertz CT molecular complexity index is 806. The molecule has 0 bridgehead atoms. The molecule has 1 heterocycles. The first kappa shape index (κ1) is 17.5. The first-order chi connectivity index (χ1) is 12.0. The second-order valence-corrected chi connectivity index (χ2v) is 6.82. The average Bonchev–Trinajstić information content (AvgIpc) is 2.91. The predicted molar refractivity (Wildman–Crippen MR) is 99.6 cm³/mol. The van der Waals surface area contributed by atoms with Gasteiger partial charge in [-0.3, -0.25) is 9.59 Å². The van der Waals surface area contributed by atoms with Gasteiger partial charge >= 0.3 is 0 Å². The van der Waals surface area contributed by atoms with Gasteiger partial charge in [0, 0.05) is 30.2 Å². The van der Waals surface area contributed by atoms with Crippen LogP contribution >= 0.6 is 11.6 Å². The Hall–Kier alpha value is -2.33. The van der Waals surface area contributed by atoms with Gasteiger partial charge in [0.15, 0.2) is 0 Å². The number of benzene rings is 2. The number of hydrogen-bond acceptors (Lipinski definition) is 2. The number of amides is 2. The number of hydrogen-bond donors (Lipinski definition) is 0. The highest BCUT2D eigenvalue weighted by atomic mass is 35.5. The molecule has 0 spiro atoms. The molecule has 0 aliphatic carbocycles. The molecule has 2 amide bonds. The van der Waals surface area contributed by atoms with E-state index < -0.39 is 0 Å². The largest absolute Gasteiger partial charge is 0.329 e. The Balaban J connectivity index is 1.78. The first-order valence-corrected chi connectivity index (χ1v) is 8.74. The zero-order chi connectivity index (χ0) is 18.0. The number of nitrogens with zero attached hydrogens (tertiary/aromatic N) is 2. The van der Waals surface area contributed by atoms with Gasteiger partial charge in [0.1, 0.15) is 6.54 Å². The van der Waals surface area contributed by atoms with E-state index in [1.54, 1.807) is 11.0 Å². The Kier molecular flexibility index (Phi) is 5.09. The highest BCUT2D eigenvalue weighted by Gasteiger charge is 2.31. The summed E-state index contributed by atoms with van der Waals surface area (Å²) in [5.41, 5.74) is 2.95. The molecule has 2 aromatic carbocycles. The van der Waals surface area contributed by atoms with Crippen LogP contribution in [0.4, 0.5) is 5.69 Å². The van der Waals surface area contributed by atoms with Crippen molar-refractivity contribution < 1.29 is 9.59 Å². The van der Waals surface area contributed by atoms with E-state index in [0.717, 1.165) is 17.7 Å². The summed E-state index contributed by atoms with van der Waals surface area (Å²) in [7, 11) is 0. The molecule has 1 aliphatic rings. The molecule has 130 valence electrons. The second kappa shape index (κ2) is 7.28. The number of para-hydroxylation sites is 1. The Morgan fingerprint density at radius 1 is 1.16 bits per heavy atom. The number of anilines is 1. The average molecular weight is 357 g/mol. The van der Waals surface area contributed by atoms with Gasteiger partial charge in [0.2, 0.25) is 11.8 Å². The highest BCUT2D eigenvalue weighted by molar-refractivity contribution is 6.31. The normalized spacial score (nSPS) is 15.8. The maximum Gasteiger partial charge on any atom is 0.246 e. The summed E-state index contributed by atoms with van der Waals surface area (Å²) in [4.78, 5) is 28.3. The van der Waals surface area contributed by atoms with Gasteiger partial charge in [0.25, 0.3) is 0 Å². The lowest BCUT2D eigenvalue weighted by Crippen LogP contribution is -2.44. The molecular weight excluding hydrogens is 336 g/mol. The molecule has 0 aromatic heterocycles. The van der Waals surface area contributed by atoms with E-state index in [2.05, 4.69) is 0 Å². The monoisotopic (exact) mass is 356 g/mol. The minimum atomic E-state index is -0.145. The van der Waals surface area contributed by atoms with Crippen molar-refractivity contribution in [2.24, 2.45) is 0 Å². The molecule has 1 atom stereocenters. The van der Waals surface area contributed by atoms with Crippen LogP contribution in [0.15, 0.2) is 48.5 Å². The van der Waals surface area contributed by atoms with Crippen LogP contribution in [0.1, 0.15) is 25.0 Å². The fourth-order valence-electron chi connectivity index (χ4n) is 3.30. The standard InChI is InChI=1S/C20H21ClN2O2/c1-14-11-16-7-4-6-10-19(16)23(14)20(25)13-22(15(2)24)12-17-8-3-5-9-18(17)21/h3-10,14H,11-13H2,1-2H3. The number of rotatable bonds is 4. The Morgan fingerprint density at radius 3 is 2.56 bits per heavy atom. The van der Waals surface area contributed by atoms with Crippen LogP contribution in [0.25, 0.3) is 0 Å². The van der Waals surface area contributed by atoms with Crippen LogP contribution in [0.5, 0.6) is 0 Å². The predicted octanol–water partition coefficient (Wildman–Crippen LogP) is 3.67. The van der Waals surface area contributed by atoms with E-state index in [9.17, 15) is 9.59 Å². The zero-order valence-electron chi connectivity index (χ0n) is 14.4. The van der Waals surface area contributed by atoms with Gasteiger partial charge in [-0.2, -0.15) is 0 Å². The molecule has 4 nitrogen and oxygen atoms in total. The maximum atomic E-state index is 12.9. The van der Waals surface area contributed by atoms with E-state index >= 15 is 0 Å². The lowest BCUT2D eigenvalue weighted by atomic mass is 10.1. The van der Waals surface area contributed by atoms with Crippen LogP contribution in [0, 0.1) is 0 Å². The molecule has 1 aliphatic heterocycles. The number of carbonyl (C=O) groups excluding carboxylic acids is 2. The molecule has 0 saturated heterocycles. The van der Waals surface area contributed by atoms with Crippen molar-refractivity contribution in [3.8, 4) is 0 Å². The first-order valence-electron chi connectivity index (χ1n) is 8.36. The molecular formula is C20H21ClN2O2. The van der Waals surface area contributed by atoms with E-state index in [4.69, 9.17) is 11.6 Å². The van der Waals surface area contributed by atoms with Crippen LogP contribution in [0.3, 0.4) is 0 Å². The SMILES string of the molecule is CC(=O)N(CC(=O)N1c2ccccc2CC1C)Cc1ccccc1Cl. The zero-order valence-corrected chi connectivity index (χ0v) is 15.2. The molecule has 1 unspecified atom stereocenters. The molecule has 0 saturated carbocycles. The third-order valence-corrected chi connectivity index (χ3v) is 4.94. The summed E-state index contributed by atoms with van der Waals surface area (Å²) in [5.74, 6) is -0.215. The van der Waals surface area contributed by atoms with E-state index in [1.165, 1.54) is 17.4 Å². The topological polar surface area (TPSA) is 40.6 Å². The summed E-state index contributed by atoms with van der Waals surface area (Å²) in [6, 6.07) is 15.4. The van der Waals surface area contributed by atoms with Crippen molar-refractivity contribution in [2.45, 2.75) is 32.9 Å². The van der Waals surface area contributed by atoms with Crippen molar-refractivity contribution in [1.82, 2.24) is 4.90 Å². The van der Waals surface area contributed by atoms with E-state index in [1.807, 2.05) is 49.4 Å². The summed E-state index contributed by atoms with van der Waals surface area (Å²) >= 11 is 6.19. The van der Waals surface area contributed by atoms with Gasteiger partial charge < -0.3 is 9.80 Å². The van der Waals surface area contributed by atoms with E-state index in [-0.39, 0.29) is 24.4 Å². The highest BCUT2D eigenvalue weighted by Crippen LogP contribution is 2.32. The number of halogens is 1. The van der Waals surface area contributed by atoms with Crippen LogP contribution < -0.4 is 4.90 Å². The van der Waals surface area contributed by atoms with Gasteiger partial charge in [-0.05, 0) is 36.6 Å². The molecule has 3 rings (SSSR count). The number of fused-ring (bicyclic) bond motifs is 1. The molecule has 0 N–H and O–H groups in total. The smallest absolute Gasteiger partial charge is 0.246 e. The fraction of sp³-hybridized carbons (Fsp3) is 0.300. The van der Waals surface area contributed by atoms with Crippen LogP contribution in [-0.4, -0.2) is 29.3 Å². The molecule has 2 aromatic rings. The quantitative estimate of drug-likeness (QED) is 0.838. The third-order valence-electron chi connectivity index (χ3n) is 4.57. The molecule has 0 fully saturated rings. The lowest BCUT2D eigenvalue weighted by molar-refractivity contribution is -0.134. The van der Waals surface area contributed by atoms with Crippen molar-refractivity contribution in [3.63, 3.8) is 0 Å². The molecule has 5 heteroatoms. The summed E-state index contributed by atoms with van der Waals surface area (Å²) in [5, 5.41) is 0.598. The van der Waals surface area contributed by atoms with Crippen molar-refractivity contribution in [1.29, 1.82) is 0 Å².